The van der Waals surface area contributed by atoms with Crippen molar-refractivity contribution in [3.05, 3.63) is 0 Å². The van der Waals surface area contributed by atoms with Gasteiger partial charge >= 0.3 is 6.18 Å². The van der Waals surface area contributed by atoms with Crippen molar-refractivity contribution in [3.8, 4) is 0 Å². The van der Waals surface area contributed by atoms with Gasteiger partial charge in [0.05, 0.1) is 6.04 Å². The van der Waals surface area contributed by atoms with Crippen molar-refractivity contribution in [3.63, 3.8) is 0 Å². The van der Waals surface area contributed by atoms with Crippen LogP contribution in [-0.2, 0) is 4.79 Å². The van der Waals surface area contributed by atoms with Crippen molar-refractivity contribution in [2.75, 3.05) is 19.6 Å². The molecule has 4 nitrogen and oxygen atoms in total. The van der Waals surface area contributed by atoms with Gasteiger partial charge in [0.15, 0.2) is 0 Å². The van der Waals surface area contributed by atoms with Crippen LogP contribution in [0.1, 0.15) is 19.8 Å². The lowest BCUT2D eigenvalue weighted by Gasteiger charge is -2.25. The molecule has 0 bridgehead atoms. The number of amides is 1. The molecule has 19 heavy (non-hydrogen) atoms. The fourth-order valence-corrected chi connectivity index (χ4v) is 3.16. The topological polar surface area (TPSA) is 58.4 Å². The van der Waals surface area contributed by atoms with Gasteiger partial charge in [-0.2, -0.15) is 13.2 Å². The zero-order valence-corrected chi connectivity index (χ0v) is 10.9. The molecule has 2 fully saturated rings. The SMILES string of the molecule is CC(C(=O)NCC(F)(F)F)N1CC2CCC(N)C2C1. The van der Waals surface area contributed by atoms with Crippen LogP contribution in [-0.4, -0.2) is 48.7 Å². The molecular formula is C12H20F3N3O. The van der Waals surface area contributed by atoms with Gasteiger partial charge < -0.3 is 11.1 Å². The molecule has 4 atom stereocenters. The maximum atomic E-state index is 12.1. The molecule has 3 N–H and O–H groups in total. The summed E-state index contributed by atoms with van der Waals surface area (Å²) in [4.78, 5) is 13.6. The largest absolute Gasteiger partial charge is 0.405 e. The molecule has 110 valence electrons. The van der Waals surface area contributed by atoms with Crippen LogP contribution in [0.4, 0.5) is 13.2 Å². The zero-order chi connectivity index (χ0) is 14.2. The predicted octanol–water partition coefficient (Wildman–Crippen LogP) is 0.723. The summed E-state index contributed by atoms with van der Waals surface area (Å²) in [5.74, 6) is 0.316. The molecule has 7 heteroatoms. The molecular weight excluding hydrogens is 259 g/mol. The monoisotopic (exact) mass is 279 g/mol. The first-order valence-corrected chi connectivity index (χ1v) is 6.62. The standard InChI is InChI=1S/C12H20F3N3O/c1-7(11(19)17-6-12(13,14)15)18-4-8-2-3-10(16)9(8)5-18/h7-10H,2-6,16H2,1H3,(H,17,19). The number of nitrogens with two attached hydrogens (primary N) is 1. The van der Waals surface area contributed by atoms with E-state index < -0.39 is 24.7 Å². The molecule has 2 aliphatic rings. The highest BCUT2D eigenvalue weighted by molar-refractivity contribution is 5.81. The average Bonchev–Trinajstić information content (AvgIpc) is 2.87. The summed E-state index contributed by atoms with van der Waals surface area (Å²) in [6.45, 7) is 1.86. The Labute approximate surface area is 110 Å². The first kappa shape index (κ1) is 14.6. The van der Waals surface area contributed by atoms with E-state index in [0.29, 0.717) is 18.4 Å². The van der Waals surface area contributed by atoms with Crippen molar-refractivity contribution in [1.82, 2.24) is 10.2 Å². The molecule has 1 saturated carbocycles. The summed E-state index contributed by atoms with van der Waals surface area (Å²) in [5.41, 5.74) is 6.00. The zero-order valence-electron chi connectivity index (χ0n) is 10.9. The van der Waals surface area contributed by atoms with E-state index in [1.54, 1.807) is 6.92 Å². The highest BCUT2D eigenvalue weighted by atomic mass is 19.4. The van der Waals surface area contributed by atoms with E-state index in [1.807, 2.05) is 10.2 Å². The van der Waals surface area contributed by atoms with Gasteiger partial charge in [0.25, 0.3) is 0 Å². The number of likely N-dealkylation sites (tertiary alicyclic amines) is 1. The number of rotatable bonds is 3. The van der Waals surface area contributed by atoms with E-state index in [1.165, 1.54) is 0 Å². The molecule has 1 aliphatic heterocycles. The second-order valence-electron chi connectivity index (χ2n) is 5.63. The molecule has 1 saturated heterocycles. The minimum atomic E-state index is -4.36. The molecule has 0 radical (unpaired) electrons. The number of nitrogens with zero attached hydrogens (tertiary/aromatic N) is 1. The lowest BCUT2D eigenvalue weighted by molar-refractivity contribution is -0.141. The van der Waals surface area contributed by atoms with Gasteiger partial charge in [-0.15, -0.1) is 0 Å². The number of halogens is 3. The third-order valence-corrected chi connectivity index (χ3v) is 4.33. The van der Waals surface area contributed by atoms with Crippen molar-refractivity contribution >= 4 is 5.91 Å². The van der Waals surface area contributed by atoms with Gasteiger partial charge in [0.2, 0.25) is 5.91 Å². The van der Waals surface area contributed by atoms with Crippen LogP contribution in [0.25, 0.3) is 0 Å². The predicted molar refractivity (Wildman–Crippen MR) is 64.3 cm³/mol. The third-order valence-electron chi connectivity index (χ3n) is 4.33. The lowest BCUT2D eigenvalue weighted by Crippen LogP contribution is -2.47. The van der Waals surface area contributed by atoms with Crippen molar-refractivity contribution < 1.29 is 18.0 Å². The van der Waals surface area contributed by atoms with Gasteiger partial charge in [-0.25, -0.2) is 0 Å². The van der Waals surface area contributed by atoms with Crippen LogP contribution in [0.2, 0.25) is 0 Å². The Bertz CT molecular complexity index is 348. The Balaban J connectivity index is 1.84. The van der Waals surface area contributed by atoms with Crippen molar-refractivity contribution in [1.29, 1.82) is 0 Å². The van der Waals surface area contributed by atoms with E-state index in [0.717, 1.165) is 19.4 Å². The Morgan fingerprint density at radius 3 is 2.68 bits per heavy atom. The molecule has 0 aromatic carbocycles. The lowest BCUT2D eigenvalue weighted by atomic mass is 9.98. The number of carbonyl (C=O) groups is 1. The van der Waals surface area contributed by atoms with Gasteiger partial charge in [-0.1, -0.05) is 0 Å². The van der Waals surface area contributed by atoms with Crippen LogP contribution in [0, 0.1) is 11.8 Å². The quantitative estimate of drug-likeness (QED) is 0.800. The molecule has 1 amide bonds. The van der Waals surface area contributed by atoms with Crippen LogP contribution in [0.15, 0.2) is 0 Å². The van der Waals surface area contributed by atoms with Gasteiger partial charge in [-0.05, 0) is 31.6 Å². The Morgan fingerprint density at radius 1 is 1.42 bits per heavy atom. The van der Waals surface area contributed by atoms with E-state index in [2.05, 4.69) is 0 Å². The van der Waals surface area contributed by atoms with Crippen LogP contribution >= 0.6 is 0 Å². The van der Waals surface area contributed by atoms with E-state index in [9.17, 15) is 18.0 Å². The first-order valence-electron chi connectivity index (χ1n) is 6.62. The van der Waals surface area contributed by atoms with Crippen molar-refractivity contribution in [2.45, 2.75) is 38.0 Å². The highest BCUT2D eigenvalue weighted by Crippen LogP contribution is 2.37. The highest BCUT2D eigenvalue weighted by Gasteiger charge is 2.43. The molecule has 0 aromatic heterocycles. The minimum Gasteiger partial charge on any atom is -0.346 e. The molecule has 2 rings (SSSR count). The maximum absolute atomic E-state index is 12.1. The molecule has 0 spiro atoms. The summed E-state index contributed by atoms with van der Waals surface area (Å²) in [6.07, 6.45) is -2.30. The number of nitrogens with one attached hydrogen (secondary N) is 1. The minimum absolute atomic E-state index is 0.167. The summed E-state index contributed by atoms with van der Waals surface area (Å²) in [5, 5.41) is 1.94. The van der Waals surface area contributed by atoms with Gasteiger partial charge in [0, 0.05) is 19.1 Å². The Morgan fingerprint density at radius 2 is 2.11 bits per heavy atom. The number of hydrogen-bond donors (Lipinski definition) is 2. The summed E-state index contributed by atoms with van der Waals surface area (Å²) < 4.78 is 36.2. The second-order valence-corrected chi connectivity index (χ2v) is 5.63. The first-order chi connectivity index (χ1) is 8.78. The second kappa shape index (κ2) is 5.28. The maximum Gasteiger partial charge on any atom is 0.405 e. The number of alkyl halides is 3. The van der Waals surface area contributed by atoms with Gasteiger partial charge in [-0.3, -0.25) is 9.69 Å². The van der Waals surface area contributed by atoms with Crippen LogP contribution in [0.5, 0.6) is 0 Å². The Hall–Kier alpha value is -0.820. The molecule has 1 aliphatic carbocycles. The third kappa shape index (κ3) is 3.39. The van der Waals surface area contributed by atoms with Gasteiger partial charge in [0.1, 0.15) is 6.54 Å². The van der Waals surface area contributed by atoms with E-state index in [4.69, 9.17) is 5.73 Å². The van der Waals surface area contributed by atoms with E-state index in [-0.39, 0.29) is 6.04 Å². The fourth-order valence-electron chi connectivity index (χ4n) is 3.16. The average molecular weight is 279 g/mol. The number of hydrogen-bond acceptors (Lipinski definition) is 3. The summed E-state index contributed by atoms with van der Waals surface area (Å²) in [7, 11) is 0. The van der Waals surface area contributed by atoms with E-state index >= 15 is 0 Å². The van der Waals surface area contributed by atoms with Crippen molar-refractivity contribution in [2.24, 2.45) is 17.6 Å². The summed E-state index contributed by atoms with van der Waals surface area (Å²) >= 11 is 0. The Kier molecular flexibility index (Phi) is 4.06. The summed E-state index contributed by atoms with van der Waals surface area (Å²) in [6, 6.07) is -0.361. The van der Waals surface area contributed by atoms with Crippen LogP contribution < -0.4 is 11.1 Å². The fraction of sp³-hybridized carbons (Fsp3) is 0.917. The smallest absolute Gasteiger partial charge is 0.346 e. The number of carbonyl (C=O) groups excluding carboxylic acids is 1. The molecule has 0 aromatic rings. The number of fused-ring (bicyclic) bond motifs is 1. The molecule has 1 heterocycles. The molecule has 4 unspecified atom stereocenters. The van der Waals surface area contributed by atoms with Crippen LogP contribution in [0.3, 0.4) is 0 Å². The normalized spacial score (nSPS) is 33.2.